The fourth-order valence-electron chi connectivity index (χ4n) is 4.31. The number of aromatic amines is 1. The number of carbonyl (C=O) groups is 2. The Hall–Kier alpha value is -3.92. The van der Waals surface area contributed by atoms with Crippen LogP contribution in [-0.4, -0.2) is 43.7 Å². The van der Waals surface area contributed by atoms with E-state index in [2.05, 4.69) is 32.5 Å². The van der Waals surface area contributed by atoms with Crippen molar-refractivity contribution in [1.29, 1.82) is 0 Å². The minimum atomic E-state index is -0.374. The topological polar surface area (TPSA) is 115 Å². The van der Waals surface area contributed by atoms with Crippen molar-refractivity contribution < 1.29 is 14.3 Å². The van der Waals surface area contributed by atoms with E-state index in [-0.39, 0.29) is 24.4 Å². The third-order valence-electron chi connectivity index (χ3n) is 6.46. The lowest BCUT2D eigenvalue weighted by Gasteiger charge is -2.12. The first kappa shape index (κ1) is 25.7. The summed E-state index contributed by atoms with van der Waals surface area (Å²) in [7, 11) is 0. The number of tetrazole rings is 1. The zero-order valence-electron chi connectivity index (χ0n) is 21.5. The van der Waals surface area contributed by atoms with Gasteiger partial charge in [-0.25, -0.2) is 4.79 Å². The molecule has 1 amide bonds. The second kappa shape index (κ2) is 11.6. The van der Waals surface area contributed by atoms with Crippen molar-refractivity contribution in [2.75, 3.05) is 6.61 Å². The number of nitrogens with zero attached hydrogens (tertiary/aromatic N) is 5. The fraction of sp³-hybridized carbons (Fsp3) is 0.357. The number of amides is 1. The van der Waals surface area contributed by atoms with Crippen molar-refractivity contribution in [3.8, 4) is 22.5 Å². The minimum Gasteiger partial charge on any atom is -0.461 e. The smallest absolute Gasteiger partial charge is 0.356 e. The molecule has 0 aliphatic heterocycles. The average Bonchev–Trinajstić information content (AvgIpc) is 3.54. The quantitative estimate of drug-likeness (QED) is 0.295. The molecule has 9 nitrogen and oxygen atoms in total. The number of aromatic nitrogens is 5. The van der Waals surface area contributed by atoms with E-state index < -0.39 is 0 Å². The van der Waals surface area contributed by atoms with Gasteiger partial charge in [-0.15, -0.1) is 21.5 Å². The molecule has 1 N–H and O–H groups in total. The standard InChI is InChI=1S/C28H30N6O3S/c1-3-5-10-23-24(27(36)37-4-2)34(28(38-23)29-26(35)20-15-16-20)17-18-11-13-19(14-12-18)21-8-6-7-9-22(21)25-30-32-33-31-25/h6-9,11-14,20H,3-5,10,15-17H2,1-2H3,(H,30,31,32,33). The molecule has 196 valence electrons. The van der Waals surface area contributed by atoms with Crippen LogP contribution in [0.3, 0.4) is 0 Å². The Bertz CT molecular complexity index is 1480. The number of ether oxygens (including phenoxy) is 1. The van der Waals surface area contributed by atoms with Crippen LogP contribution in [0.5, 0.6) is 0 Å². The van der Waals surface area contributed by atoms with Gasteiger partial charge in [0.05, 0.1) is 13.2 Å². The number of carbonyl (C=O) groups excluding carboxylic acids is 2. The van der Waals surface area contributed by atoms with Crippen LogP contribution in [0.25, 0.3) is 22.5 Å². The van der Waals surface area contributed by atoms with Crippen LogP contribution in [-0.2, 0) is 22.5 Å². The molecule has 10 heteroatoms. The molecule has 0 radical (unpaired) electrons. The minimum absolute atomic E-state index is 0.00856. The highest BCUT2D eigenvalue weighted by atomic mass is 32.1. The molecule has 1 aliphatic rings. The third kappa shape index (κ3) is 5.65. The van der Waals surface area contributed by atoms with Gasteiger partial charge in [-0.3, -0.25) is 4.79 Å². The Labute approximate surface area is 224 Å². The van der Waals surface area contributed by atoms with Gasteiger partial charge < -0.3 is 9.30 Å². The SMILES string of the molecule is CCCCc1sc(=NC(=O)C2CC2)n(Cc2ccc(-c3ccccc3-c3nn[nH]n3)cc2)c1C(=O)OCC. The molecule has 4 aromatic rings. The lowest BCUT2D eigenvalue weighted by atomic mass is 9.98. The molecule has 0 saturated heterocycles. The molecule has 5 rings (SSSR count). The van der Waals surface area contributed by atoms with Gasteiger partial charge in [0.25, 0.3) is 5.91 Å². The maximum atomic E-state index is 13.1. The van der Waals surface area contributed by atoms with Crippen molar-refractivity contribution in [2.24, 2.45) is 10.9 Å². The van der Waals surface area contributed by atoms with Crippen LogP contribution in [0, 0.1) is 5.92 Å². The predicted octanol–water partition coefficient (Wildman–Crippen LogP) is 4.80. The van der Waals surface area contributed by atoms with E-state index in [0.29, 0.717) is 22.9 Å². The zero-order valence-corrected chi connectivity index (χ0v) is 22.3. The van der Waals surface area contributed by atoms with Gasteiger partial charge in [-0.1, -0.05) is 61.9 Å². The van der Waals surface area contributed by atoms with Crippen molar-refractivity contribution in [3.63, 3.8) is 0 Å². The van der Waals surface area contributed by atoms with Crippen LogP contribution in [0.2, 0.25) is 0 Å². The molecule has 1 fully saturated rings. The summed E-state index contributed by atoms with van der Waals surface area (Å²) in [5.74, 6) is 0.0599. The number of esters is 1. The fourth-order valence-corrected chi connectivity index (χ4v) is 5.47. The van der Waals surface area contributed by atoms with Gasteiger partial charge in [0.1, 0.15) is 5.69 Å². The number of benzene rings is 2. The molecule has 38 heavy (non-hydrogen) atoms. The second-order valence-corrected chi connectivity index (χ2v) is 10.3. The molecule has 0 atom stereocenters. The summed E-state index contributed by atoms with van der Waals surface area (Å²) < 4.78 is 7.29. The number of hydrogen-bond acceptors (Lipinski definition) is 7. The highest BCUT2D eigenvalue weighted by molar-refractivity contribution is 7.09. The monoisotopic (exact) mass is 530 g/mol. The maximum absolute atomic E-state index is 13.1. The Morgan fingerprint density at radius 1 is 1.11 bits per heavy atom. The van der Waals surface area contributed by atoms with E-state index in [0.717, 1.165) is 59.2 Å². The van der Waals surface area contributed by atoms with Crippen molar-refractivity contribution in [3.05, 3.63) is 69.5 Å². The van der Waals surface area contributed by atoms with Gasteiger partial charge in [0.2, 0.25) is 5.82 Å². The summed E-state index contributed by atoms with van der Waals surface area (Å²) in [6.45, 7) is 4.60. The molecule has 2 aromatic heterocycles. The normalized spacial score (nSPS) is 13.6. The summed E-state index contributed by atoms with van der Waals surface area (Å²) in [5, 5.41) is 14.5. The van der Waals surface area contributed by atoms with Gasteiger partial charge in [0, 0.05) is 16.4 Å². The van der Waals surface area contributed by atoms with Gasteiger partial charge in [-0.05, 0) is 54.5 Å². The number of H-pyrrole nitrogens is 1. The van der Waals surface area contributed by atoms with Crippen molar-refractivity contribution >= 4 is 23.2 Å². The molecular formula is C28H30N6O3S. The largest absolute Gasteiger partial charge is 0.461 e. The maximum Gasteiger partial charge on any atom is 0.356 e. The molecule has 0 unspecified atom stereocenters. The molecule has 0 spiro atoms. The number of nitrogens with one attached hydrogen (secondary N) is 1. The average molecular weight is 531 g/mol. The van der Waals surface area contributed by atoms with Gasteiger partial charge in [0.15, 0.2) is 4.80 Å². The highest BCUT2D eigenvalue weighted by Gasteiger charge is 2.30. The third-order valence-corrected chi connectivity index (χ3v) is 7.60. The van der Waals surface area contributed by atoms with Crippen LogP contribution in [0.4, 0.5) is 0 Å². The Balaban J connectivity index is 1.52. The van der Waals surface area contributed by atoms with Gasteiger partial charge in [-0.2, -0.15) is 10.2 Å². The molecule has 1 aliphatic carbocycles. The van der Waals surface area contributed by atoms with Crippen molar-refractivity contribution in [1.82, 2.24) is 25.2 Å². The number of aryl methyl sites for hydroxylation is 1. The first-order valence-corrected chi connectivity index (χ1v) is 13.8. The van der Waals surface area contributed by atoms with E-state index in [1.54, 1.807) is 6.92 Å². The van der Waals surface area contributed by atoms with E-state index >= 15 is 0 Å². The number of rotatable bonds is 10. The lowest BCUT2D eigenvalue weighted by Crippen LogP contribution is -2.24. The summed E-state index contributed by atoms with van der Waals surface area (Å²) in [6.07, 6.45) is 4.45. The lowest BCUT2D eigenvalue weighted by molar-refractivity contribution is -0.119. The van der Waals surface area contributed by atoms with E-state index in [1.165, 1.54) is 11.3 Å². The Morgan fingerprint density at radius 3 is 2.53 bits per heavy atom. The first-order chi connectivity index (χ1) is 18.6. The van der Waals surface area contributed by atoms with Gasteiger partial charge >= 0.3 is 5.97 Å². The van der Waals surface area contributed by atoms with E-state index in [9.17, 15) is 9.59 Å². The Morgan fingerprint density at radius 2 is 1.87 bits per heavy atom. The first-order valence-electron chi connectivity index (χ1n) is 13.0. The molecule has 2 heterocycles. The number of unbranched alkanes of at least 4 members (excludes halogenated alkanes) is 1. The molecule has 0 bridgehead atoms. The van der Waals surface area contributed by atoms with Crippen LogP contribution < -0.4 is 4.80 Å². The predicted molar refractivity (Wildman–Crippen MR) is 144 cm³/mol. The van der Waals surface area contributed by atoms with Crippen LogP contribution in [0.15, 0.2) is 53.5 Å². The molecular weight excluding hydrogens is 500 g/mol. The molecule has 1 saturated carbocycles. The van der Waals surface area contributed by atoms with Crippen LogP contribution >= 0.6 is 11.3 Å². The second-order valence-electron chi connectivity index (χ2n) is 9.27. The Kier molecular flexibility index (Phi) is 7.88. The summed E-state index contributed by atoms with van der Waals surface area (Å²) in [4.78, 5) is 31.7. The van der Waals surface area contributed by atoms with E-state index in [4.69, 9.17) is 4.74 Å². The zero-order chi connectivity index (χ0) is 26.5. The highest BCUT2D eigenvalue weighted by Crippen LogP contribution is 2.31. The van der Waals surface area contributed by atoms with E-state index in [1.807, 2.05) is 53.1 Å². The summed E-state index contributed by atoms with van der Waals surface area (Å²) >= 11 is 1.43. The van der Waals surface area contributed by atoms with Crippen molar-refractivity contribution in [2.45, 2.75) is 52.5 Å². The summed E-state index contributed by atoms with van der Waals surface area (Å²) in [6, 6.07) is 16.0. The summed E-state index contributed by atoms with van der Waals surface area (Å²) in [5.41, 5.74) is 4.36. The molecule has 2 aromatic carbocycles. The van der Waals surface area contributed by atoms with Crippen LogP contribution in [0.1, 0.15) is 60.5 Å². The number of hydrogen-bond donors (Lipinski definition) is 1. The number of thiazole rings is 1.